The Kier molecular flexibility index (Phi) is 6.53. The highest BCUT2D eigenvalue weighted by molar-refractivity contribution is 6.48. The van der Waals surface area contributed by atoms with Gasteiger partial charge in [-0.25, -0.2) is 4.39 Å². The lowest BCUT2D eigenvalue weighted by Gasteiger charge is -2.18. The molecule has 1 aromatic carbocycles. The molecule has 2 aromatic rings. The monoisotopic (exact) mass is 421 g/mol. The molecule has 2 rings (SSSR count). The van der Waals surface area contributed by atoms with Gasteiger partial charge in [0.05, 0.1) is 10.6 Å². The van der Waals surface area contributed by atoms with E-state index in [1.54, 1.807) is 20.9 Å². The second kappa shape index (κ2) is 8.37. The van der Waals surface area contributed by atoms with Crippen LogP contribution in [0.2, 0.25) is 5.02 Å². The number of nitrogens with one attached hydrogen (secondary N) is 2. The fraction of sp³-hybridized carbons (Fsp3) is 0.381. The Labute approximate surface area is 174 Å². The van der Waals surface area contributed by atoms with E-state index in [-0.39, 0.29) is 27.5 Å². The molecule has 0 fully saturated rings. The molecule has 0 spiro atoms. The summed E-state index contributed by atoms with van der Waals surface area (Å²) in [4.78, 5) is 37.7. The summed E-state index contributed by atoms with van der Waals surface area (Å²) in [5, 5.41) is 5.13. The van der Waals surface area contributed by atoms with Crippen molar-refractivity contribution in [2.75, 3.05) is 11.9 Å². The number of nitrogens with zero attached hydrogens (tertiary/aromatic N) is 1. The van der Waals surface area contributed by atoms with Gasteiger partial charge in [0, 0.05) is 25.0 Å². The Morgan fingerprint density at radius 2 is 1.79 bits per heavy atom. The number of anilines is 1. The van der Waals surface area contributed by atoms with Crippen molar-refractivity contribution < 1.29 is 18.8 Å². The number of aryl methyl sites for hydroxylation is 1. The first-order valence-electron chi connectivity index (χ1n) is 9.08. The molecule has 0 bridgehead atoms. The average Bonchev–Trinajstić information content (AvgIpc) is 2.84. The lowest BCUT2D eigenvalue weighted by molar-refractivity contribution is -0.117. The van der Waals surface area contributed by atoms with Crippen molar-refractivity contribution in [1.29, 1.82) is 0 Å². The third-order valence-corrected chi connectivity index (χ3v) is 4.84. The van der Waals surface area contributed by atoms with Gasteiger partial charge in [-0.15, -0.1) is 0 Å². The topological polar surface area (TPSA) is 80.2 Å². The van der Waals surface area contributed by atoms with Gasteiger partial charge in [0.15, 0.2) is 0 Å². The molecule has 0 saturated heterocycles. The normalized spacial score (nSPS) is 11.3. The zero-order chi connectivity index (χ0) is 22.1. The molecule has 2 amide bonds. The molecule has 0 aliphatic heterocycles. The van der Waals surface area contributed by atoms with E-state index < -0.39 is 17.6 Å². The van der Waals surface area contributed by atoms with Gasteiger partial charge in [0.25, 0.3) is 17.6 Å². The molecule has 1 heterocycles. The number of halogens is 2. The van der Waals surface area contributed by atoms with Crippen LogP contribution >= 0.6 is 11.6 Å². The van der Waals surface area contributed by atoms with Gasteiger partial charge < -0.3 is 15.2 Å². The van der Waals surface area contributed by atoms with Crippen LogP contribution in [0.4, 0.5) is 10.1 Å². The van der Waals surface area contributed by atoms with Crippen LogP contribution in [0.5, 0.6) is 0 Å². The number of benzene rings is 1. The highest BCUT2D eigenvalue weighted by Gasteiger charge is 2.30. The molecule has 156 valence electrons. The summed E-state index contributed by atoms with van der Waals surface area (Å²) < 4.78 is 14.9. The molecule has 0 unspecified atom stereocenters. The molecular weight excluding hydrogens is 397 g/mol. The summed E-state index contributed by atoms with van der Waals surface area (Å²) in [6.45, 7) is 9.31. The van der Waals surface area contributed by atoms with Crippen LogP contribution in [-0.2, 0) is 11.8 Å². The van der Waals surface area contributed by atoms with E-state index in [0.29, 0.717) is 23.5 Å². The predicted octanol–water partition coefficient (Wildman–Crippen LogP) is 4.03. The van der Waals surface area contributed by atoms with Crippen LogP contribution in [-0.4, -0.2) is 28.7 Å². The fourth-order valence-electron chi connectivity index (χ4n) is 2.73. The third kappa shape index (κ3) is 5.03. The van der Waals surface area contributed by atoms with Gasteiger partial charge in [0.1, 0.15) is 11.5 Å². The summed E-state index contributed by atoms with van der Waals surface area (Å²) in [6, 6.07) is 4.17. The Hall–Kier alpha value is -2.67. The number of rotatable bonds is 5. The SMILES string of the molecule is Cc1cc(NC(=O)c2c(Cl)c(C(=O)C(=O)NCC(C)(C)C)n(C)c2C)ccc1F. The van der Waals surface area contributed by atoms with Crippen LogP contribution < -0.4 is 10.6 Å². The summed E-state index contributed by atoms with van der Waals surface area (Å²) in [5.41, 5.74) is 1.04. The van der Waals surface area contributed by atoms with Gasteiger partial charge >= 0.3 is 0 Å². The number of hydrogen-bond acceptors (Lipinski definition) is 3. The van der Waals surface area contributed by atoms with Crippen molar-refractivity contribution >= 4 is 34.9 Å². The number of ketones is 1. The Morgan fingerprint density at radius 1 is 1.17 bits per heavy atom. The maximum atomic E-state index is 13.4. The predicted molar refractivity (Wildman–Crippen MR) is 111 cm³/mol. The number of Topliss-reactive ketones (excluding diaryl/α,β-unsaturated/α-hetero) is 1. The highest BCUT2D eigenvalue weighted by Crippen LogP contribution is 2.29. The second-order valence-electron chi connectivity index (χ2n) is 8.17. The molecule has 0 atom stereocenters. The summed E-state index contributed by atoms with van der Waals surface area (Å²) in [7, 11) is 1.56. The molecule has 0 saturated carbocycles. The first-order chi connectivity index (χ1) is 13.3. The summed E-state index contributed by atoms with van der Waals surface area (Å²) in [6.07, 6.45) is 0. The molecule has 6 nitrogen and oxygen atoms in total. The standard InChI is InChI=1S/C21H25ClFN3O3/c1-11-9-13(7-8-14(11)23)25-19(28)15-12(2)26(6)17(16(15)22)18(27)20(29)24-10-21(3,4)5/h7-9H,10H2,1-6H3,(H,24,29)(H,25,28). The lowest BCUT2D eigenvalue weighted by atomic mass is 9.97. The molecule has 2 N–H and O–H groups in total. The van der Waals surface area contributed by atoms with Gasteiger partial charge in [-0.1, -0.05) is 32.4 Å². The fourth-order valence-corrected chi connectivity index (χ4v) is 3.16. The Bertz CT molecular complexity index is 990. The van der Waals surface area contributed by atoms with Crippen molar-refractivity contribution in [3.63, 3.8) is 0 Å². The zero-order valence-electron chi connectivity index (χ0n) is 17.4. The van der Waals surface area contributed by atoms with Crippen LogP contribution in [0, 0.1) is 25.1 Å². The molecule has 1 aromatic heterocycles. The highest BCUT2D eigenvalue weighted by atomic mass is 35.5. The van der Waals surface area contributed by atoms with E-state index in [0.717, 1.165) is 0 Å². The van der Waals surface area contributed by atoms with E-state index in [4.69, 9.17) is 11.6 Å². The van der Waals surface area contributed by atoms with E-state index in [1.807, 2.05) is 20.8 Å². The van der Waals surface area contributed by atoms with Gasteiger partial charge in [-0.05, 0) is 43.0 Å². The largest absolute Gasteiger partial charge is 0.349 e. The van der Waals surface area contributed by atoms with Crippen molar-refractivity contribution in [1.82, 2.24) is 9.88 Å². The van der Waals surface area contributed by atoms with Crippen LogP contribution in [0.15, 0.2) is 18.2 Å². The molecular formula is C21H25ClFN3O3. The minimum absolute atomic E-state index is 0.0592. The Morgan fingerprint density at radius 3 is 2.34 bits per heavy atom. The molecule has 8 heteroatoms. The minimum atomic E-state index is -0.818. The van der Waals surface area contributed by atoms with Crippen LogP contribution in [0.25, 0.3) is 0 Å². The van der Waals surface area contributed by atoms with Crippen LogP contribution in [0.1, 0.15) is 52.9 Å². The van der Waals surface area contributed by atoms with Crippen molar-refractivity contribution in [2.24, 2.45) is 12.5 Å². The maximum absolute atomic E-state index is 13.4. The van der Waals surface area contributed by atoms with E-state index in [1.165, 1.54) is 22.8 Å². The summed E-state index contributed by atoms with van der Waals surface area (Å²) in [5.74, 6) is -2.54. The lowest BCUT2D eigenvalue weighted by Crippen LogP contribution is -2.37. The molecule has 29 heavy (non-hydrogen) atoms. The second-order valence-corrected chi connectivity index (χ2v) is 8.55. The molecule has 0 aliphatic carbocycles. The van der Waals surface area contributed by atoms with Gasteiger partial charge in [-0.2, -0.15) is 0 Å². The minimum Gasteiger partial charge on any atom is -0.349 e. The van der Waals surface area contributed by atoms with Crippen molar-refractivity contribution in [3.05, 3.63) is 51.6 Å². The quantitative estimate of drug-likeness (QED) is 0.565. The smallest absolute Gasteiger partial charge is 0.294 e. The molecule has 0 aliphatic rings. The average molecular weight is 422 g/mol. The Balaban J connectivity index is 2.31. The van der Waals surface area contributed by atoms with Crippen LogP contribution in [0.3, 0.4) is 0 Å². The summed E-state index contributed by atoms with van der Waals surface area (Å²) >= 11 is 6.34. The van der Waals surface area contributed by atoms with Crippen molar-refractivity contribution in [3.8, 4) is 0 Å². The molecule has 0 radical (unpaired) electrons. The van der Waals surface area contributed by atoms with Gasteiger partial charge in [-0.3, -0.25) is 14.4 Å². The number of carbonyl (C=O) groups excluding carboxylic acids is 3. The number of carbonyl (C=O) groups is 3. The van der Waals surface area contributed by atoms with E-state index in [2.05, 4.69) is 10.6 Å². The number of amides is 2. The van der Waals surface area contributed by atoms with E-state index in [9.17, 15) is 18.8 Å². The van der Waals surface area contributed by atoms with Gasteiger partial charge in [0.2, 0.25) is 0 Å². The third-order valence-electron chi connectivity index (χ3n) is 4.47. The number of aromatic nitrogens is 1. The van der Waals surface area contributed by atoms with Crippen molar-refractivity contribution in [2.45, 2.75) is 34.6 Å². The first kappa shape index (κ1) is 22.6. The zero-order valence-corrected chi connectivity index (χ0v) is 18.1. The maximum Gasteiger partial charge on any atom is 0.294 e. The first-order valence-corrected chi connectivity index (χ1v) is 9.46. The van der Waals surface area contributed by atoms with E-state index >= 15 is 0 Å². The number of hydrogen-bond donors (Lipinski definition) is 2.